The summed E-state index contributed by atoms with van der Waals surface area (Å²) in [6.45, 7) is 0.414. The van der Waals surface area contributed by atoms with E-state index in [1.807, 2.05) is 6.07 Å². The van der Waals surface area contributed by atoms with Gasteiger partial charge in [-0.25, -0.2) is 4.39 Å². The van der Waals surface area contributed by atoms with Crippen LogP contribution in [0.4, 0.5) is 4.39 Å². The molecular weight excluding hydrogens is 259 g/mol. The molecule has 1 aromatic carbocycles. The van der Waals surface area contributed by atoms with E-state index in [-0.39, 0.29) is 11.7 Å². The van der Waals surface area contributed by atoms with E-state index in [1.165, 1.54) is 6.07 Å². The van der Waals surface area contributed by atoms with Crippen LogP contribution < -0.4 is 5.73 Å². The van der Waals surface area contributed by atoms with Crippen molar-refractivity contribution >= 4 is 0 Å². The molecule has 0 bridgehead atoms. The van der Waals surface area contributed by atoms with E-state index >= 15 is 0 Å². The molecule has 0 saturated heterocycles. The van der Waals surface area contributed by atoms with E-state index in [4.69, 9.17) is 10.3 Å². The minimum atomic E-state index is -0.397. The minimum Gasteiger partial charge on any atom is -0.332 e. The van der Waals surface area contributed by atoms with Crippen LogP contribution in [-0.4, -0.2) is 15.1 Å². The van der Waals surface area contributed by atoms with Gasteiger partial charge in [0.25, 0.3) is 5.89 Å². The first-order chi connectivity index (χ1) is 9.78. The normalized spacial score (nSPS) is 10.7. The van der Waals surface area contributed by atoms with Crippen LogP contribution in [0.15, 0.2) is 47.1 Å². The van der Waals surface area contributed by atoms with Crippen LogP contribution in [0.5, 0.6) is 0 Å². The van der Waals surface area contributed by atoms with Gasteiger partial charge in [0.2, 0.25) is 5.82 Å². The Morgan fingerprint density at radius 2 is 2.00 bits per heavy atom. The van der Waals surface area contributed by atoms with E-state index in [1.54, 1.807) is 30.5 Å². The van der Waals surface area contributed by atoms with Gasteiger partial charge in [0.15, 0.2) is 0 Å². The first kappa shape index (κ1) is 12.4. The van der Waals surface area contributed by atoms with Crippen LogP contribution in [0.1, 0.15) is 5.56 Å². The van der Waals surface area contributed by atoms with Crippen molar-refractivity contribution in [2.75, 3.05) is 0 Å². The number of nitrogens with two attached hydrogens (primary N) is 1. The summed E-state index contributed by atoms with van der Waals surface area (Å²) < 4.78 is 18.7. The second kappa shape index (κ2) is 5.18. The predicted octanol–water partition coefficient (Wildman–Crippen LogP) is 2.40. The number of nitrogens with zero attached hydrogens (tertiary/aromatic N) is 3. The molecule has 6 heteroatoms. The Morgan fingerprint density at radius 3 is 2.70 bits per heavy atom. The highest BCUT2D eigenvalue weighted by Gasteiger charge is 2.14. The molecule has 0 spiro atoms. The fraction of sp³-hybridized carbons (Fsp3) is 0.0714. The van der Waals surface area contributed by atoms with Crippen molar-refractivity contribution in [1.29, 1.82) is 0 Å². The lowest BCUT2D eigenvalue weighted by Gasteiger charge is -1.96. The minimum absolute atomic E-state index is 0.197. The molecule has 2 heterocycles. The van der Waals surface area contributed by atoms with Crippen molar-refractivity contribution in [2.45, 2.75) is 6.54 Å². The molecule has 0 aliphatic heterocycles. The molecule has 3 aromatic rings. The van der Waals surface area contributed by atoms with Crippen molar-refractivity contribution in [3.63, 3.8) is 0 Å². The maximum absolute atomic E-state index is 13.6. The maximum atomic E-state index is 13.6. The van der Waals surface area contributed by atoms with Crippen molar-refractivity contribution in [1.82, 2.24) is 15.1 Å². The standard InChI is InChI=1S/C14H11FN4O/c15-11-4-2-1-3-10(11)13-18-14(20-19-13)12-6-5-9(7-16)8-17-12/h1-6,8H,7,16H2. The van der Waals surface area contributed by atoms with Gasteiger partial charge in [-0.1, -0.05) is 23.4 Å². The summed E-state index contributed by atoms with van der Waals surface area (Å²) in [7, 11) is 0. The molecule has 0 amide bonds. The summed E-state index contributed by atoms with van der Waals surface area (Å²) in [5.41, 5.74) is 7.23. The third kappa shape index (κ3) is 2.28. The molecule has 0 fully saturated rings. The number of hydrogen-bond donors (Lipinski definition) is 1. The van der Waals surface area contributed by atoms with Gasteiger partial charge < -0.3 is 10.3 Å². The van der Waals surface area contributed by atoms with Crippen LogP contribution in [0.2, 0.25) is 0 Å². The van der Waals surface area contributed by atoms with Gasteiger partial charge in [-0.05, 0) is 23.8 Å². The van der Waals surface area contributed by atoms with E-state index in [0.717, 1.165) is 5.56 Å². The summed E-state index contributed by atoms with van der Waals surface area (Å²) in [6.07, 6.45) is 1.64. The number of pyridine rings is 1. The molecule has 100 valence electrons. The number of aromatic nitrogens is 3. The van der Waals surface area contributed by atoms with Crippen molar-refractivity contribution < 1.29 is 8.91 Å². The van der Waals surface area contributed by atoms with Gasteiger partial charge in [-0.15, -0.1) is 0 Å². The quantitative estimate of drug-likeness (QED) is 0.790. The van der Waals surface area contributed by atoms with Gasteiger partial charge in [-0.3, -0.25) is 4.98 Å². The molecule has 2 aromatic heterocycles. The molecule has 0 saturated carbocycles. The monoisotopic (exact) mass is 270 g/mol. The highest BCUT2D eigenvalue weighted by atomic mass is 19.1. The van der Waals surface area contributed by atoms with E-state index in [0.29, 0.717) is 17.8 Å². The van der Waals surface area contributed by atoms with Crippen molar-refractivity contribution in [3.8, 4) is 23.0 Å². The average molecular weight is 270 g/mol. The Hall–Kier alpha value is -2.60. The molecule has 0 atom stereocenters. The van der Waals surface area contributed by atoms with E-state index in [2.05, 4.69) is 15.1 Å². The van der Waals surface area contributed by atoms with Gasteiger partial charge in [0, 0.05) is 12.7 Å². The van der Waals surface area contributed by atoms with Gasteiger partial charge in [0.1, 0.15) is 11.5 Å². The first-order valence-electron chi connectivity index (χ1n) is 6.02. The average Bonchev–Trinajstić information content (AvgIpc) is 2.97. The van der Waals surface area contributed by atoms with Crippen molar-refractivity contribution in [3.05, 3.63) is 54.0 Å². The van der Waals surface area contributed by atoms with E-state index < -0.39 is 5.82 Å². The second-order valence-electron chi connectivity index (χ2n) is 4.16. The lowest BCUT2D eigenvalue weighted by molar-refractivity contribution is 0.430. The molecule has 5 nitrogen and oxygen atoms in total. The highest BCUT2D eigenvalue weighted by molar-refractivity contribution is 5.58. The lowest BCUT2D eigenvalue weighted by Crippen LogP contribution is -1.96. The summed E-state index contributed by atoms with van der Waals surface area (Å²) in [6, 6.07) is 9.82. The van der Waals surface area contributed by atoms with Crippen molar-refractivity contribution in [2.24, 2.45) is 5.73 Å². The van der Waals surface area contributed by atoms with Gasteiger partial charge in [-0.2, -0.15) is 4.98 Å². The van der Waals surface area contributed by atoms with Gasteiger partial charge >= 0.3 is 0 Å². The number of hydrogen-bond acceptors (Lipinski definition) is 5. The number of benzene rings is 1. The largest absolute Gasteiger partial charge is 0.332 e. The molecule has 0 aliphatic carbocycles. The zero-order chi connectivity index (χ0) is 13.9. The Morgan fingerprint density at radius 1 is 1.15 bits per heavy atom. The molecule has 3 rings (SSSR count). The maximum Gasteiger partial charge on any atom is 0.276 e. The summed E-state index contributed by atoms with van der Waals surface area (Å²) in [4.78, 5) is 8.33. The Balaban J connectivity index is 1.95. The lowest BCUT2D eigenvalue weighted by atomic mass is 10.2. The number of halogens is 1. The van der Waals surface area contributed by atoms with Gasteiger partial charge in [0.05, 0.1) is 5.56 Å². The fourth-order valence-electron chi connectivity index (χ4n) is 1.75. The smallest absolute Gasteiger partial charge is 0.276 e. The zero-order valence-electron chi connectivity index (χ0n) is 10.5. The molecular formula is C14H11FN4O. The Labute approximate surface area is 114 Å². The third-order valence-electron chi connectivity index (χ3n) is 2.82. The molecule has 0 unspecified atom stereocenters. The molecule has 0 aliphatic rings. The molecule has 2 N–H and O–H groups in total. The molecule has 0 radical (unpaired) electrons. The van der Waals surface area contributed by atoms with Crippen LogP contribution in [0, 0.1) is 5.82 Å². The number of rotatable bonds is 3. The topological polar surface area (TPSA) is 77.8 Å². The van der Waals surface area contributed by atoms with Crippen LogP contribution >= 0.6 is 0 Å². The van der Waals surface area contributed by atoms with Crippen LogP contribution in [0.25, 0.3) is 23.0 Å². The first-order valence-corrected chi connectivity index (χ1v) is 6.02. The van der Waals surface area contributed by atoms with Crippen LogP contribution in [0.3, 0.4) is 0 Å². The summed E-state index contributed by atoms with van der Waals surface area (Å²) in [5.74, 6) is 0.0425. The third-order valence-corrected chi connectivity index (χ3v) is 2.82. The summed E-state index contributed by atoms with van der Waals surface area (Å²) >= 11 is 0. The Bertz CT molecular complexity index is 724. The second-order valence-corrected chi connectivity index (χ2v) is 4.16. The summed E-state index contributed by atoms with van der Waals surface area (Å²) in [5, 5.41) is 3.78. The van der Waals surface area contributed by atoms with Crippen LogP contribution in [-0.2, 0) is 6.54 Å². The predicted molar refractivity (Wildman–Crippen MR) is 70.8 cm³/mol. The SMILES string of the molecule is NCc1ccc(-c2nc(-c3ccccc3F)no2)nc1. The fourth-order valence-corrected chi connectivity index (χ4v) is 1.75. The molecule has 20 heavy (non-hydrogen) atoms. The zero-order valence-corrected chi connectivity index (χ0v) is 10.5. The highest BCUT2D eigenvalue weighted by Crippen LogP contribution is 2.22. The Kier molecular flexibility index (Phi) is 3.22. The van der Waals surface area contributed by atoms with E-state index in [9.17, 15) is 4.39 Å².